The van der Waals surface area contributed by atoms with Crippen molar-refractivity contribution in [3.05, 3.63) is 224 Å². The Balaban J connectivity index is 0.894. The van der Waals surface area contributed by atoms with Crippen LogP contribution in [0.15, 0.2) is 233 Å². The topological polar surface area (TPSA) is 74.8 Å². The molecule has 0 fully saturated rings. The van der Waals surface area contributed by atoms with Gasteiger partial charge in [-0.25, -0.2) is 15.0 Å². The fraction of sp³-hybridized carbons (Fsp3) is 0. The average Bonchev–Trinajstić information content (AvgIpc) is 4.18. The molecular weight excluding hydrogens is 859 g/mol. The molecule has 0 radical (unpaired) electrons. The first-order chi connectivity index (χ1) is 34.7. The van der Waals surface area contributed by atoms with Crippen LogP contribution < -0.4 is 0 Å². The maximum Gasteiger partial charge on any atom is 0.167 e. The minimum atomic E-state index is 0.510. The van der Waals surface area contributed by atoms with Gasteiger partial charge in [-0.05, 0) is 96.1 Å². The first kappa shape index (κ1) is 38.5. The molecule has 5 heterocycles. The van der Waals surface area contributed by atoms with Crippen LogP contribution in [-0.4, -0.2) is 24.1 Å². The Kier molecular flexibility index (Phi) is 8.23. The van der Waals surface area contributed by atoms with Crippen molar-refractivity contribution in [3.8, 4) is 56.7 Å². The zero-order valence-corrected chi connectivity index (χ0v) is 37.4. The third kappa shape index (κ3) is 5.79. The smallest absolute Gasteiger partial charge is 0.167 e. The molecule has 0 atom stereocenters. The summed E-state index contributed by atoms with van der Waals surface area (Å²) in [6, 6.07) is 78.7. The van der Waals surface area contributed by atoms with Crippen LogP contribution in [-0.2, 0) is 0 Å². The Morgan fingerprint density at radius 1 is 0.271 bits per heavy atom. The molecule has 0 saturated carbocycles. The summed E-state index contributed by atoms with van der Waals surface area (Å²) < 4.78 is 17.8. The molecule has 0 aliphatic heterocycles. The molecule has 10 aromatic carbocycles. The number of para-hydroxylation sites is 7. The van der Waals surface area contributed by atoms with Crippen LogP contribution in [0.1, 0.15) is 0 Å². The highest BCUT2D eigenvalue weighted by Gasteiger charge is 2.22. The largest absolute Gasteiger partial charge is 0.455 e. The lowest BCUT2D eigenvalue weighted by Crippen LogP contribution is -2.01. The summed E-state index contributed by atoms with van der Waals surface area (Å²) >= 11 is 0. The summed E-state index contributed by atoms with van der Waals surface area (Å²) in [5.74, 6) is 1.56. The lowest BCUT2D eigenvalue weighted by molar-refractivity contribution is 0.669. The maximum absolute atomic E-state index is 6.56. The number of hydrogen-bond acceptors (Lipinski definition) is 5. The standard InChI is InChI=1S/C63H37N5O2/c1-2-16-41(17-3-1)67-53-27-8-4-19-43(53)51-36-38(31-33-55(51)67)39-32-34-56-52(37-39)44-20-5-9-28-54(44)68(56)42-18-12-15-40(35-42)61-64-62(49-25-13-23-47-45-21-6-10-29-57(45)69-59(47)49)66-63(65-61)50-26-14-24-48-46-22-7-11-30-58(46)70-60(48)50/h1-37H. The van der Waals surface area contributed by atoms with Crippen molar-refractivity contribution >= 4 is 87.5 Å². The van der Waals surface area contributed by atoms with E-state index in [1.54, 1.807) is 0 Å². The highest BCUT2D eigenvalue weighted by atomic mass is 16.3. The Morgan fingerprint density at radius 3 is 1.27 bits per heavy atom. The predicted molar refractivity (Wildman–Crippen MR) is 285 cm³/mol. The second kappa shape index (κ2) is 15.0. The third-order valence-electron chi connectivity index (χ3n) is 14.0. The van der Waals surface area contributed by atoms with E-state index in [-0.39, 0.29) is 0 Å². The van der Waals surface area contributed by atoms with Gasteiger partial charge in [0, 0.05) is 60.0 Å². The van der Waals surface area contributed by atoms with E-state index in [0.29, 0.717) is 17.5 Å². The number of furan rings is 2. The summed E-state index contributed by atoms with van der Waals surface area (Å²) in [5, 5.41) is 8.90. The van der Waals surface area contributed by atoms with E-state index in [4.69, 9.17) is 23.8 Å². The van der Waals surface area contributed by atoms with Gasteiger partial charge >= 0.3 is 0 Å². The predicted octanol–water partition coefficient (Wildman–Crippen LogP) is 16.5. The van der Waals surface area contributed by atoms with Gasteiger partial charge in [-0.3, -0.25) is 0 Å². The normalized spacial score (nSPS) is 12.0. The highest BCUT2D eigenvalue weighted by molar-refractivity contribution is 6.14. The number of fused-ring (bicyclic) bond motifs is 12. The van der Waals surface area contributed by atoms with Crippen LogP contribution in [0, 0.1) is 0 Å². The number of hydrogen-bond donors (Lipinski definition) is 0. The van der Waals surface area contributed by atoms with Crippen LogP contribution >= 0.6 is 0 Å². The number of aromatic nitrogens is 5. The lowest BCUT2D eigenvalue weighted by atomic mass is 10.0. The van der Waals surface area contributed by atoms with Gasteiger partial charge in [-0.15, -0.1) is 0 Å². The molecule has 7 heteroatoms. The number of nitrogens with zero attached hydrogens (tertiary/aromatic N) is 5. The molecule has 326 valence electrons. The van der Waals surface area contributed by atoms with Crippen molar-refractivity contribution in [2.75, 3.05) is 0 Å². The summed E-state index contributed by atoms with van der Waals surface area (Å²) in [4.78, 5) is 15.8. The maximum atomic E-state index is 6.56. The van der Waals surface area contributed by atoms with Gasteiger partial charge in [0.05, 0.1) is 33.2 Å². The van der Waals surface area contributed by atoms with Crippen molar-refractivity contribution in [3.63, 3.8) is 0 Å². The third-order valence-corrected chi connectivity index (χ3v) is 14.0. The summed E-state index contributed by atoms with van der Waals surface area (Å²) in [5.41, 5.74) is 14.6. The first-order valence-electron chi connectivity index (χ1n) is 23.5. The second-order valence-electron chi connectivity index (χ2n) is 17.9. The van der Waals surface area contributed by atoms with E-state index < -0.39 is 0 Å². The molecule has 15 rings (SSSR count). The van der Waals surface area contributed by atoms with Gasteiger partial charge in [0.1, 0.15) is 22.3 Å². The fourth-order valence-electron chi connectivity index (χ4n) is 10.8. The van der Waals surface area contributed by atoms with Crippen molar-refractivity contribution in [2.24, 2.45) is 0 Å². The monoisotopic (exact) mass is 895 g/mol. The van der Waals surface area contributed by atoms with Crippen molar-refractivity contribution in [2.45, 2.75) is 0 Å². The quantitative estimate of drug-likeness (QED) is 0.166. The minimum Gasteiger partial charge on any atom is -0.455 e. The Morgan fingerprint density at radius 2 is 0.700 bits per heavy atom. The van der Waals surface area contributed by atoms with E-state index in [1.807, 2.05) is 60.7 Å². The molecular formula is C63H37N5O2. The van der Waals surface area contributed by atoms with Crippen LogP contribution in [0.5, 0.6) is 0 Å². The van der Waals surface area contributed by atoms with Gasteiger partial charge in [0.25, 0.3) is 0 Å². The molecule has 15 aromatic rings. The van der Waals surface area contributed by atoms with Crippen LogP contribution in [0.2, 0.25) is 0 Å². The Hall–Kier alpha value is -9.59. The van der Waals surface area contributed by atoms with Crippen molar-refractivity contribution in [1.29, 1.82) is 0 Å². The zero-order valence-electron chi connectivity index (χ0n) is 37.4. The molecule has 0 spiro atoms. The molecule has 0 aliphatic carbocycles. The molecule has 0 unspecified atom stereocenters. The summed E-state index contributed by atoms with van der Waals surface area (Å²) in [6.45, 7) is 0. The van der Waals surface area contributed by atoms with Gasteiger partial charge in [-0.1, -0.05) is 140 Å². The molecule has 0 bridgehead atoms. The highest BCUT2D eigenvalue weighted by Crippen LogP contribution is 2.41. The average molecular weight is 896 g/mol. The van der Waals surface area contributed by atoms with E-state index in [0.717, 1.165) is 88.5 Å². The van der Waals surface area contributed by atoms with Crippen molar-refractivity contribution in [1.82, 2.24) is 24.1 Å². The van der Waals surface area contributed by atoms with Crippen LogP contribution in [0.4, 0.5) is 0 Å². The molecule has 0 saturated heterocycles. The molecule has 0 amide bonds. The SMILES string of the molecule is c1ccc(-n2c3ccccc3c3cc(-c4ccc5c(c4)c4ccccc4n5-c4cccc(-c5nc(-c6cccc7c6oc6ccccc67)nc(-c6cccc7c6oc6ccccc67)n5)c4)ccc32)cc1. The molecule has 5 aromatic heterocycles. The molecule has 7 nitrogen and oxygen atoms in total. The zero-order chi connectivity index (χ0) is 45.9. The Bertz CT molecular complexity index is 4480. The van der Waals surface area contributed by atoms with E-state index >= 15 is 0 Å². The fourth-order valence-corrected chi connectivity index (χ4v) is 10.8. The van der Waals surface area contributed by atoms with E-state index in [2.05, 4.69) is 173 Å². The lowest BCUT2D eigenvalue weighted by Gasteiger charge is -2.12. The van der Waals surface area contributed by atoms with E-state index in [1.165, 1.54) is 38.1 Å². The van der Waals surface area contributed by atoms with Gasteiger partial charge in [0.2, 0.25) is 0 Å². The molecule has 0 aliphatic rings. The molecule has 0 N–H and O–H groups in total. The van der Waals surface area contributed by atoms with Gasteiger partial charge < -0.3 is 18.0 Å². The number of rotatable bonds is 6. The van der Waals surface area contributed by atoms with Crippen LogP contribution in [0.3, 0.4) is 0 Å². The minimum absolute atomic E-state index is 0.510. The van der Waals surface area contributed by atoms with Crippen LogP contribution in [0.25, 0.3) is 144 Å². The molecule has 70 heavy (non-hydrogen) atoms. The van der Waals surface area contributed by atoms with Gasteiger partial charge in [-0.2, -0.15) is 0 Å². The second-order valence-corrected chi connectivity index (χ2v) is 17.9. The number of benzene rings is 10. The van der Waals surface area contributed by atoms with Crippen molar-refractivity contribution < 1.29 is 8.83 Å². The Labute approximate surface area is 399 Å². The summed E-state index contributed by atoms with van der Waals surface area (Å²) in [7, 11) is 0. The summed E-state index contributed by atoms with van der Waals surface area (Å²) in [6.07, 6.45) is 0. The van der Waals surface area contributed by atoms with E-state index in [9.17, 15) is 0 Å². The first-order valence-corrected chi connectivity index (χ1v) is 23.5. The van der Waals surface area contributed by atoms with Gasteiger partial charge in [0.15, 0.2) is 17.5 Å².